The molecule has 0 spiro atoms. The van der Waals surface area contributed by atoms with Crippen molar-refractivity contribution in [1.29, 1.82) is 0 Å². The van der Waals surface area contributed by atoms with E-state index in [1.54, 1.807) is 0 Å². The normalized spacial score (nSPS) is 11.4. The molecule has 0 radical (unpaired) electrons. The van der Waals surface area contributed by atoms with Gasteiger partial charge in [0.1, 0.15) is 5.60 Å². The highest BCUT2D eigenvalue weighted by molar-refractivity contribution is 5.69. The summed E-state index contributed by atoms with van der Waals surface area (Å²) in [6.07, 6.45) is 2.24. The third-order valence-electron chi connectivity index (χ3n) is 2.81. The minimum atomic E-state index is -0.419. The van der Waals surface area contributed by atoms with Gasteiger partial charge in [0.25, 0.3) is 0 Å². The monoisotopic (exact) mass is 278 g/mol. The lowest BCUT2D eigenvalue weighted by Gasteiger charge is -2.19. The van der Waals surface area contributed by atoms with Crippen LogP contribution in [0.3, 0.4) is 0 Å². The fraction of sp³-hybridized carbons (Fsp3) is 0.588. The van der Waals surface area contributed by atoms with Gasteiger partial charge >= 0.3 is 5.97 Å². The van der Waals surface area contributed by atoms with Crippen molar-refractivity contribution in [2.24, 2.45) is 0 Å². The molecule has 1 rings (SSSR count). The molecule has 0 aromatic heterocycles. The molecule has 1 aromatic carbocycles. The first kappa shape index (κ1) is 16.7. The summed E-state index contributed by atoms with van der Waals surface area (Å²) in [5, 5.41) is 0. The summed E-state index contributed by atoms with van der Waals surface area (Å²) >= 11 is 0. The number of ether oxygens (including phenoxy) is 2. The molecule has 0 aliphatic rings. The first-order valence-corrected chi connectivity index (χ1v) is 7.28. The number of esters is 1. The molecule has 112 valence electrons. The Kier molecular flexibility index (Phi) is 6.73. The first-order valence-electron chi connectivity index (χ1n) is 7.28. The van der Waals surface area contributed by atoms with Crippen molar-refractivity contribution >= 4 is 5.97 Å². The van der Waals surface area contributed by atoms with Crippen LogP contribution in [0.15, 0.2) is 24.3 Å². The number of aryl methyl sites for hydroxylation is 1. The summed E-state index contributed by atoms with van der Waals surface area (Å²) in [5.74, 6) is -0.203. The van der Waals surface area contributed by atoms with Crippen LogP contribution >= 0.6 is 0 Å². The van der Waals surface area contributed by atoms with Crippen LogP contribution in [-0.2, 0) is 27.1 Å². The van der Waals surface area contributed by atoms with Gasteiger partial charge in [-0.3, -0.25) is 4.79 Å². The van der Waals surface area contributed by atoms with Crippen molar-refractivity contribution in [2.75, 3.05) is 13.2 Å². The topological polar surface area (TPSA) is 35.5 Å². The molecule has 0 saturated carbocycles. The van der Waals surface area contributed by atoms with E-state index in [-0.39, 0.29) is 5.97 Å². The van der Waals surface area contributed by atoms with Crippen LogP contribution < -0.4 is 0 Å². The Morgan fingerprint density at radius 3 is 2.50 bits per heavy atom. The lowest BCUT2D eigenvalue weighted by atomic mass is 10.1. The van der Waals surface area contributed by atoms with Crippen LogP contribution in [0.25, 0.3) is 0 Å². The molecular weight excluding hydrogens is 252 g/mol. The van der Waals surface area contributed by atoms with Gasteiger partial charge in [-0.05, 0) is 44.7 Å². The van der Waals surface area contributed by atoms with Crippen molar-refractivity contribution < 1.29 is 14.3 Å². The first-order chi connectivity index (χ1) is 9.40. The maximum atomic E-state index is 11.5. The van der Waals surface area contributed by atoms with Crippen molar-refractivity contribution in [1.82, 2.24) is 0 Å². The average molecular weight is 278 g/mol. The number of benzene rings is 1. The Labute approximate surface area is 122 Å². The second-order valence-electron chi connectivity index (χ2n) is 5.87. The zero-order valence-corrected chi connectivity index (χ0v) is 13.1. The molecule has 0 fully saturated rings. The molecule has 1 aromatic rings. The average Bonchev–Trinajstić information content (AvgIpc) is 2.36. The molecule has 3 heteroatoms. The molecular formula is C17H26O3. The summed E-state index contributed by atoms with van der Waals surface area (Å²) in [5.41, 5.74) is 2.20. The molecule has 0 unspecified atom stereocenters. The summed E-state index contributed by atoms with van der Waals surface area (Å²) in [6, 6.07) is 8.52. The van der Waals surface area contributed by atoms with E-state index < -0.39 is 5.60 Å². The molecule has 0 aliphatic heterocycles. The fourth-order valence-electron chi connectivity index (χ4n) is 1.85. The zero-order valence-electron chi connectivity index (χ0n) is 13.1. The van der Waals surface area contributed by atoms with E-state index in [1.807, 2.05) is 20.8 Å². The quantitative estimate of drug-likeness (QED) is 0.565. The maximum absolute atomic E-state index is 11.5. The lowest BCUT2D eigenvalue weighted by Crippen LogP contribution is -2.24. The number of carbonyl (C=O) groups excluding carboxylic acids is 1. The summed E-state index contributed by atoms with van der Waals surface area (Å²) in [4.78, 5) is 11.5. The third-order valence-corrected chi connectivity index (χ3v) is 2.81. The molecule has 3 nitrogen and oxygen atoms in total. The van der Waals surface area contributed by atoms with Crippen LogP contribution in [-0.4, -0.2) is 24.8 Å². The van der Waals surface area contributed by atoms with Gasteiger partial charge in [-0.25, -0.2) is 0 Å². The molecule has 0 amide bonds. The van der Waals surface area contributed by atoms with Crippen LogP contribution in [0.2, 0.25) is 0 Å². The second kappa shape index (κ2) is 8.05. The maximum Gasteiger partial charge on any atom is 0.308 e. The zero-order chi connectivity index (χ0) is 15.0. The Morgan fingerprint density at radius 1 is 1.15 bits per heavy atom. The molecule has 0 saturated heterocycles. The highest BCUT2D eigenvalue weighted by Gasteiger charge is 2.15. The van der Waals surface area contributed by atoms with Gasteiger partial charge in [-0.1, -0.05) is 31.2 Å². The second-order valence-corrected chi connectivity index (χ2v) is 5.87. The highest BCUT2D eigenvalue weighted by Crippen LogP contribution is 2.09. The highest BCUT2D eigenvalue weighted by atomic mass is 16.6. The molecule has 0 atom stereocenters. The predicted molar refractivity (Wildman–Crippen MR) is 80.8 cm³/mol. The number of rotatable bonds is 7. The molecule has 0 aliphatic carbocycles. The van der Waals surface area contributed by atoms with Gasteiger partial charge < -0.3 is 9.47 Å². The van der Waals surface area contributed by atoms with Crippen molar-refractivity contribution in [2.45, 2.75) is 52.6 Å². The molecule has 0 bridgehead atoms. The van der Waals surface area contributed by atoms with E-state index in [0.717, 1.165) is 12.8 Å². The Balaban J connectivity index is 2.17. The largest absolute Gasteiger partial charge is 0.460 e. The summed E-state index contributed by atoms with van der Waals surface area (Å²) in [7, 11) is 0. The standard InChI is InChI=1S/C17H26O3/c1-5-14-7-6-8-15(13-14)9-11-19-12-10-16(18)20-17(2,3)4/h6-8,13H,5,9-12H2,1-4H3. The van der Waals surface area contributed by atoms with Gasteiger partial charge in [0.2, 0.25) is 0 Å². The predicted octanol–water partition coefficient (Wildman–Crippen LogP) is 3.54. The van der Waals surface area contributed by atoms with Crippen molar-refractivity contribution in [3.05, 3.63) is 35.4 Å². The summed E-state index contributed by atoms with van der Waals surface area (Å²) < 4.78 is 10.7. The molecule has 0 heterocycles. The van der Waals surface area contributed by atoms with E-state index in [2.05, 4.69) is 31.2 Å². The van der Waals surface area contributed by atoms with Crippen LogP contribution in [0.5, 0.6) is 0 Å². The van der Waals surface area contributed by atoms with Crippen molar-refractivity contribution in [3.8, 4) is 0 Å². The van der Waals surface area contributed by atoms with Crippen LogP contribution in [0, 0.1) is 0 Å². The summed E-state index contributed by atoms with van der Waals surface area (Å²) in [6.45, 7) is 8.81. The number of carbonyl (C=O) groups is 1. The van der Waals surface area contributed by atoms with Crippen LogP contribution in [0.4, 0.5) is 0 Å². The van der Waals surface area contributed by atoms with Gasteiger partial charge in [0.05, 0.1) is 19.6 Å². The number of hydrogen-bond acceptors (Lipinski definition) is 3. The van der Waals surface area contributed by atoms with E-state index >= 15 is 0 Å². The van der Waals surface area contributed by atoms with Crippen LogP contribution in [0.1, 0.15) is 45.2 Å². The Hall–Kier alpha value is -1.35. The number of hydrogen-bond donors (Lipinski definition) is 0. The van der Waals surface area contributed by atoms with Gasteiger partial charge in [-0.15, -0.1) is 0 Å². The smallest absolute Gasteiger partial charge is 0.308 e. The van der Waals surface area contributed by atoms with Gasteiger partial charge in [0.15, 0.2) is 0 Å². The van der Waals surface area contributed by atoms with E-state index in [1.165, 1.54) is 11.1 Å². The van der Waals surface area contributed by atoms with Gasteiger partial charge in [0, 0.05) is 0 Å². The SMILES string of the molecule is CCc1cccc(CCOCCC(=O)OC(C)(C)C)c1. The van der Waals surface area contributed by atoms with Crippen molar-refractivity contribution in [3.63, 3.8) is 0 Å². The molecule has 0 N–H and O–H groups in total. The minimum absolute atomic E-state index is 0.203. The van der Waals surface area contributed by atoms with E-state index in [4.69, 9.17) is 9.47 Å². The third kappa shape index (κ3) is 7.29. The van der Waals surface area contributed by atoms with Gasteiger partial charge in [-0.2, -0.15) is 0 Å². The lowest BCUT2D eigenvalue weighted by molar-refractivity contribution is -0.156. The van der Waals surface area contributed by atoms with E-state index in [0.29, 0.717) is 19.6 Å². The molecule has 20 heavy (non-hydrogen) atoms. The Morgan fingerprint density at radius 2 is 1.85 bits per heavy atom. The van der Waals surface area contributed by atoms with E-state index in [9.17, 15) is 4.79 Å². The fourth-order valence-corrected chi connectivity index (χ4v) is 1.85. The minimum Gasteiger partial charge on any atom is -0.460 e. The Bertz CT molecular complexity index is 418.